The first-order chi connectivity index (χ1) is 12.4. The Morgan fingerprint density at radius 2 is 2.15 bits per heavy atom. The lowest BCUT2D eigenvalue weighted by atomic mass is 10.1. The van der Waals surface area contributed by atoms with Crippen LogP contribution in [0.15, 0.2) is 33.5 Å². The predicted octanol–water partition coefficient (Wildman–Crippen LogP) is 2.09. The Labute approximate surface area is 150 Å². The summed E-state index contributed by atoms with van der Waals surface area (Å²) in [4.78, 5) is 35.8. The third-order valence-electron chi connectivity index (χ3n) is 4.72. The molecule has 26 heavy (non-hydrogen) atoms. The number of aromatic amines is 1. The maximum atomic E-state index is 12.9. The largest absolute Gasteiger partial charge is 0.451 e. The van der Waals surface area contributed by atoms with Gasteiger partial charge in [-0.2, -0.15) is 0 Å². The van der Waals surface area contributed by atoms with Crippen molar-refractivity contribution in [2.24, 2.45) is 0 Å². The molecule has 0 radical (unpaired) electrons. The van der Waals surface area contributed by atoms with Crippen LogP contribution in [0, 0.1) is 6.92 Å². The number of nitrogens with one attached hydrogen (secondary N) is 1. The van der Waals surface area contributed by atoms with Crippen LogP contribution in [0.2, 0.25) is 0 Å². The van der Waals surface area contributed by atoms with E-state index in [0.29, 0.717) is 42.5 Å². The van der Waals surface area contributed by atoms with Gasteiger partial charge in [-0.05, 0) is 25.0 Å². The second-order valence-corrected chi connectivity index (χ2v) is 6.79. The van der Waals surface area contributed by atoms with Crippen molar-refractivity contribution in [3.05, 3.63) is 57.2 Å². The van der Waals surface area contributed by atoms with Gasteiger partial charge in [0.25, 0.3) is 11.5 Å². The van der Waals surface area contributed by atoms with E-state index in [1.165, 1.54) is 0 Å². The van der Waals surface area contributed by atoms with Crippen LogP contribution in [0.1, 0.15) is 27.4 Å². The first-order valence-corrected chi connectivity index (χ1v) is 8.52. The van der Waals surface area contributed by atoms with Crippen molar-refractivity contribution in [3.63, 3.8) is 0 Å². The van der Waals surface area contributed by atoms with E-state index in [0.717, 1.165) is 16.5 Å². The average Bonchev–Trinajstić information content (AvgIpc) is 3.06. The number of hydrogen-bond acceptors (Lipinski definition) is 5. The molecule has 0 spiro atoms. The van der Waals surface area contributed by atoms with Crippen molar-refractivity contribution in [3.8, 4) is 0 Å². The number of furan rings is 1. The molecule has 1 aliphatic heterocycles. The van der Waals surface area contributed by atoms with Gasteiger partial charge in [-0.3, -0.25) is 14.6 Å². The number of anilines is 1. The second kappa shape index (κ2) is 6.01. The molecule has 0 atom stereocenters. The molecule has 7 nitrogen and oxygen atoms in total. The van der Waals surface area contributed by atoms with Gasteiger partial charge in [-0.1, -0.05) is 18.2 Å². The third-order valence-corrected chi connectivity index (χ3v) is 4.72. The summed E-state index contributed by atoms with van der Waals surface area (Å²) in [5, 5.41) is 0.912. The van der Waals surface area contributed by atoms with Gasteiger partial charge in [0.1, 0.15) is 5.58 Å². The van der Waals surface area contributed by atoms with Gasteiger partial charge in [-0.25, -0.2) is 4.98 Å². The number of para-hydroxylation sites is 1. The standard InChI is InChI=1S/C19H20N4O3/c1-11-5-4-6-12-9-15(26-16(11)12)18(25)23-8-7-13-14(10-23)20-19(22(2)3)21-17(13)24/h4-6,9H,7-8,10H2,1-3H3,(H,20,21,24). The van der Waals surface area contributed by atoms with Crippen LogP contribution in [0.5, 0.6) is 0 Å². The fourth-order valence-electron chi connectivity index (χ4n) is 3.28. The first kappa shape index (κ1) is 16.4. The quantitative estimate of drug-likeness (QED) is 0.764. The monoisotopic (exact) mass is 352 g/mol. The minimum absolute atomic E-state index is 0.134. The highest BCUT2D eigenvalue weighted by molar-refractivity contribution is 5.96. The maximum Gasteiger partial charge on any atom is 0.289 e. The number of H-pyrrole nitrogens is 1. The molecule has 3 aromatic rings. The van der Waals surface area contributed by atoms with Crippen LogP contribution in [0.3, 0.4) is 0 Å². The number of carbonyl (C=O) groups is 1. The summed E-state index contributed by atoms with van der Waals surface area (Å²) in [6.45, 7) is 2.72. The molecule has 0 bridgehead atoms. The molecule has 4 rings (SSSR count). The SMILES string of the molecule is Cc1cccc2cc(C(=O)N3CCc4c(nc(N(C)C)[nH]c4=O)C3)oc12. The summed E-state index contributed by atoms with van der Waals surface area (Å²) in [6.07, 6.45) is 0.483. The van der Waals surface area contributed by atoms with E-state index in [1.54, 1.807) is 15.9 Å². The molecule has 1 amide bonds. The molecule has 0 saturated heterocycles. The molecule has 0 unspecified atom stereocenters. The smallest absolute Gasteiger partial charge is 0.289 e. The Bertz CT molecular complexity index is 1060. The number of rotatable bonds is 2. The van der Waals surface area contributed by atoms with Gasteiger partial charge in [0.2, 0.25) is 5.95 Å². The Hall–Kier alpha value is -3.09. The predicted molar refractivity (Wildman–Crippen MR) is 98.6 cm³/mol. The van der Waals surface area contributed by atoms with Crippen LogP contribution >= 0.6 is 0 Å². The number of benzene rings is 1. The highest BCUT2D eigenvalue weighted by Crippen LogP contribution is 2.25. The molecule has 134 valence electrons. The summed E-state index contributed by atoms with van der Waals surface area (Å²) < 4.78 is 5.80. The zero-order valence-corrected chi connectivity index (χ0v) is 15.0. The van der Waals surface area contributed by atoms with E-state index >= 15 is 0 Å². The van der Waals surface area contributed by atoms with Crippen molar-refractivity contribution in [1.29, 1.82) is 0 Å². The highest BCUT2D eigenvalue weighted by atomic mass is 16.3. The zero-order valence-electron chi connectivity index (χ0n) is 15.0. The Balaban J connectivity index is 1.66. The first-order valence-electron chi connectivity index (χ1n) is 8.52. The van der Waals surface area contributed by atoms with Crippen LogP contribution in [-0.2, 0) is 13.0 Å². The van der Waals surface area contributed by atoms with Crippen molar-refractivity contribution >= 4 is 22.8 Å². The minimum atomic E-state index is -0.181. The Kier molecular flexibility index (Phi) is 3.79. The van der Waals surface area contributed by atoms with Crippen molar-refractivity contribution in [1.82, 2.24) is 14.9 Å². The highest BCUT2D eigenvalue weighted by Gasteiger charge is 2.27. The molecule has 1 N–H and O–H groups in total. The van der Waals surface area contributed by atoms with Gasteiger partial charge >= 0.3 is 0 Å². The summed E-state index contributed by atoms with van der Waals surface area (Å²) in [5.74, 6) is 0.623. The van der Waals surface area contributed by atoms with Gasteiger partial charge < -0.3 is 14.2 Å². The molecule has 1 aliphatic rings. The van der Waals surface area contributed by atoms with Gasteiger partial charge in [0, 0.05) is 31.6 Å². The lowest BCUT2D eigenvalue weighted by Crippen LogP contribution is -2.39. The van der Waals surface area contributed by atoms with Crippen LogP contribution in [-0.4, -0.2) is 41.4 Å². The molecule has 2 aromatic heterocycles. The number of nitrogens with zero attached hydrogens (tertiary/aromatic N) is 3. The van der Waals surface area contributed by atoms with E-state index in [-0.39, 0.29) is 11.5 Å². The lowest BCUT2D eigenvalue weighted by Gasteiger charge is -2.27. The minimum Gasteiger partial charge on any atom is -0.451 e. The van der Waals surface area contributed by atoms with E-state index in [2.05, 4.69) is 9.97 Å². The zero-order chi connectivity index (χ0) is 18.4. The molecular weight excluding hydrogens is 332 g/mol. The summed E-state index contributed by atoms with van der Waals surface area (Å²) >= 11 is 0. The second-order valence-electron chi connectivity index (χ2n) is 6.79. The van der Waals surface area contributed by atoms with E-state index in [4.69, 9.17) is 4.42 Å². The lowest BCUT2D eigenvalue weighted by molar-refractivity contribution is 0.0701. The number of aromatic nitrogens is 2. The molecule has 1 aromatic carbocycles. The Morgan fingerprint density at radius 3 is 2.88 bits per heavy atom. The van der Waals surface area contributed by atoms with Crippen molar-refractivity contribution in [2.75, 3.05) is 25.5 Å². The molecule has 0 saturated carbocycles. The topological polar surface area (TPSA) is 82.4 Å². The van der Waals surface area contributed by atoms with Crippen molar-refractivity contribution < 1.29 is 9.21 Å². The number of hydrogen-bond donors (Lipinski definition) is 1. The molecule has 0 aliphatic carbocycles. The normalized spacial score (nSPS) is 13.7. The summed E-state index contributed by atoms with van der Waals surface area (Å²) in [6, 6.07) is 7.60. The van der Waals surface area contributed by atoms with E-state index in [9.17, 15) is 9.59 Å². The van der Waals surface area contributed by atoms with E-state index < -0.39 is 0 Å². The van der Waals surface area contributed by atoms with Crippen LogP contribution in [0.4, 0.5) is 5.95 Å². The molecule has 7 heteroatoms. The maximum absolute atomic E-state index is 12.9. The van der Waals surface area contributed by atoms with Crippen LogP contribution in [0.25, 0.3) is 11.0 Å². The van der Waals surface area contributed by atoms with Crippen LogP contribution < -0.4 is 10.5 Å². The number of fused-ring (bicyclic) bond motifs is 2. The van der Waals surface area contributed by atoms with Crippen molar-refractivity contribution in [2.45, 2.75) is 19.9 Å². The number of aryl methyl sites for hydroxylation is 1. The van der Waals surface area contributed by atoms with Gasteiger partial charge in [0.15, 0.2) is 5.76 Å². The molecule has 3 heterocycles. The van der Waals surface area contributed by atoms with E-state index in [1.807, 2.05) is 39.2 Å². The fourth-order valence-corrected chi connectivity index (χ4v) is 3.28. The Morgan fingerprint density at radius 1 is 1.35 bits per heavy atom. The van der Waals surface area contributed by atoms with Gasteiger partial charge in [-0.15, -0.1) is 0 Å². The fraction of sp³-hybridized carbons (Fsp3) is 0.316. The molecule has 0 fully saturated rings. The summed E-state index contributed by atoms with van der Waals surface area (Å²) in [5.41, 5.74) is 2.89. The third kappa shape index (κ3) is 2.65. The van der Waals surface area contributed by atoms with Gasteiger partial charge in [0.05, 0.1) is 12.2 Å². The number of carbonyl (C=O) groups excluding carboxylic acids is 1. The average molecular weight is 352 g/mol. The number of amides is 1. The molecular formula is C19H20N4O3. The summed E-state index contributed by atoms with van der Waals surface area (Å²) in [7, 11) is 3.63.